The quantitative estimate of drug-likeness (QED) is 0.585. The van der Waals surface area contributed by atoms with Gasteiger partial charge in [0.1, 0.15) is 0 Å². The van der Waals surface area contributed by atoms with Crippen LogP contribution in [0.15, 0.2) is 65.5 Å². The molecule has 0 bridgehead atoms. The molecule has 0 radical (unpaired) electrons. The average Bonchev–Trinajstić information content (AvgIpc) is 3.06. The number of hydrogen-bond donors (Lipinski definition) is 2. The van der Waals surface area contributed by atoms with E-state index < -0.39 is 5.97 Å². The van der Waals surface area contributed by atoms with Crippen LogP contribution in [-0.4, -0.2) is 25.7 Å². The Kier molecular flexibility index (Phi) is 4.08. The normalized spacial score (nSPS) is 11.0. The number of nitrogens with one attached hydrogen (secondary N) is 1. The minimum absolute atomic E-state index is 0.181. The standard InChI is InChI=1S/C21H17N3O3/c1-13-16(12-17(25)26)21(27)24-20(22-13)18(14-8-4-2-5-9-14)19(23-24)15-10-6-3-7-11-15/h2-11,23H,12H2,1H3,(H,25,26). The van der Waals surface area contributed by atoms with Crippen molar-refractivity contribution < 1.29 is 9.90 Å². The van der Waals surface area contributed by atoms with Gasteiger partial charge in [-0.2, -0.15) is 0 Å². The number of carboxylic acid groups (broad SMARTS) is 1. The van der Waals surface area contributed by atoms with Crippen LogP contribution in [0.25, 0.3) is 28.0 Å². The Morgan fingerprint density at radius 3 is 2.22 bits per heavy atom. The summed E-state index contributed by atoms with van der Waals surface area (Å²) < 4.78 is 1.34. The SMILES string of the molecule is Cc1nc2c(-c3ccccc3)c(-c3ccccc3)[nH]n2c(=O)c1CC(=O)O. The van der Waals surface area contributed by atoms with Crippen LogP contribution in [0.3, 0.4) is 0 Å². The van der Waals surface area contributed by atoms with Crippen LogP contribution in [0.4, 0.5) is 0 Å². The van der Waals surface area contributed by atoms with E-state index in [9.17, 15) is 9.59 Å². The minimum Gasteiger partial charge on any atom is -0.481 e. The Morgan fingerprint density at radius 1 is 1.04 bits per heavy atom. The molecule has 0 saturated carbocycles. The number of aliphatic carboxylic acids is 1. The van der Waals surface area contributed by atoms with Crippen molar-refractivity contribution in [3.8, 4) is 22.4 Å². The molecular weight excluding hydrogens is 342 g/mol. The topological polar surface area (TPSA) is 87.5 Å². The third-order valence-electron chi connectivity index (χ3n) is 4.53. The van der Waals surface area contributed by atoms with E-state index in [-0.39, 0.29) is 17.5 Å². The molecule has 4 rings (SSSR count). The fraction of sp³-hybridized carbons (Fsp3) is 0.0952. The molecule has 0 fully saturated rings. The Hall–Kier alpha value is -3.67. The third-order valence-corrected chi connectivity index (χ3v) is 4.53. The van der Waals surface area contributed by atoms with Gasteiger partial charge in [-0.05, 0) is 12.5 Å². The van der Waals surface area contributed by atoms with Crippen molar-refractivity contribution >= 4 is 11.6 Å². The van der Waals surface area contributed by atoms with E-state index >= 15 is 0 Å². The monoisotopic (exact) mass is 359 g/mol. The van der Waals surface area contributed by atoms with Crippen molar-refractivity contribution in [2.75, 3.05) is 0 Å². The second-order valence-corrected chi connectivity index (χ2v) is 6.30. The highest BCUT2D eigenvalue weighted by molar-refractivity contribution is 5.90. The van der Waals surface area contributed by atoms with Crippen LogP contribution in [0.1, 0.15) is 11.3 Å². The first-order valence-corrected chi connectivity index (χ1v) is 8.53. The smallest absolute Gasteiger partial charge is 0.308 e. The molecule has 0 atom stereocenters. The molecule has 4 aromatic rings. The molecule has 134 valence electrons. The summed E-state index contributed by atoms with van der Waals surface area (Å²) in [5.74, 6) is -1.06. The molecule has 2 aromatic carbocycles. The van der Waals surface area contributed by atoms with Crippen molar-refractivity contribution in [2.24, 2.45) is 0 Å². The summed E-state index contributed by atoms with van der Waals surface area (Å²) >= 11 is 0. The molecule has 0 aliphatic rings. The van der Waals surface area contributed by atoms with Gasteiger partial charge in [-0.25, -0.2) is 9.50 Å². The molecule has 0 unspecified atom stereocenters. The predicted octanol–water partition coefficient (Wildman–Crippen LogP) is 3.29. The van der Waals surface area contributed by atoms with E-state index in [0.29, 0.717) is 11.3 Å². The zero-order valence-corrected chi connectivity index (χ0v) is 14.6. The molecule has 2 aromatic heterocycles. The van der Waals surface area contributed by atoms with Crippen molar-refractivity contribution in [3.63, 3.8) is 0 Å². The van der Waals surface area contributed by atoms with E-state index in [4.69, 9.17) is 5.11 Å². The molecule has 0 amide bonds. The maximum Gasteiger partial charge on any atom is 0.308 e. The minimum atomic E-state index is -1.06. The van der Waals surface area contributed by atoms with Gasteiger partial charge in [0.2, 0.25) is 0 Å². The first-order chi connectivity index (χ1) is 13.1. The van der Waals surface area contributed by atoms with E-state index in [1.807, 2.05) is 60.7 Å². The van der Waals surface area contributed by atoms with Gasteiger partial charge in [0.05, 0.1) is 23.2 Å². The zero-order chi connectivity index (χ0) is 19.0. The van der Waals surface area contributed by atoms with Crippen LogP contribution < -0.4 is 5.56 Å². The molecule has 0 aliphatic heterocycles. The van der Waals surface area contributed by atoms with Gasteiger partial charge in [0.25, 0.3) is 5.56 Å². The van der Waals surface area contributed by atoms with Gasteiger partial charge in [-0.15, -0.1) is 0 Å². The maximum absolute atomic E-state index is 12.9. The number of aryl methyl sites for hydroxylation is 1. The molecule has 2 N–H and O–H groups in total. The second kappa shape index (κ2) is 6.57. The van der Waals surface area contributed by atoms with Gasteiger partial charge in [-0.1, -0.05) is 60.7 Å². The van der Waals surface area contributed by atoms with Gasteiger partial charge in [0, 0.05) is 11.3 Å². The first kappa shape index (κ1) is 16.8. The summed E-state index contributed by atoms with van der Waals surface area (Å²) in [7, 11) is 0. The Bertz CT molecular complexity index is 1190. The molecule has 2 heterocycles. The molecule has 0 spiro atoms. The third kappa shape index (κ3) is 2.91. The van der Waals surface area contributed by atoms with Crippen molar-refractivity contribution in [1.82, 2.24) is 14.6 Å². The lowest BCUT2D eigenvalue weighted by Crippen LogP contribution is -2.24. The maximum atomic E-state index is 12.9. The van der Waals surface area contributed by atoms with Gasteiger partial charge in [-0.3, -0.25) is 14.7 Å². The van der Waals surface area contributed by atoms with Crippen LogP contribution >= 0.6 is 0 Å². The lowest BCUT2D eigenvalue weighted by Gasteiger charge is -2.05. The predicted molar refractivity (Wildman–Crippen MR) is 103 cm³/mol. The number of carbonyl (C=O) groups is 1. The van der Waals surface area contributed by atoms with Crippen LogP contribution in [0.5, 0.6) is 0 Å². The summed E-state index contributed by atoms with van der Waals surface area (Å²) in [6, 6.07) is 19.4. The van der Waals surface area contributed by atoms with Gasteiger partial charge < -0.3 is 5.11 Å². The highest BCUT2D eigenvalue weighted by Crippen LogP contribution is 2.33. The van der Waals surface area contributed by atoms with Gasteiger partial charge in [0.15, 0.2) is 5.65 Å². The highest BCUT2D eigenvalue weighted by atomic mass is 16.4. The Morgan fingerprint density at radius 2 is 1.63 bits per heavy atom. The average molecular weight is 359 g/mol. The zero-order valence-electron chi connectivity index (χ0n) is 14.6. The number of fused-ring (bicyclic) bond motifs is 1. The summed E-state index contributed by atoms with van der Waals surface area (Å²) in [6.45, 7) is 1.67. The Balaban J connectivity index is 2.09. The lowest BCUT2D eigenvalue weighted by atomic mass is 10.0. The summed E-state index contributed by atoms with van der Waals surface area (Å²) in [5, 5.41) is 12.3. The summed E-state index contributed by atoms with van der Waals surface area (Å²) in [4.78, 5) is 28.7. The molecule has 0 saturated heterocycles. The molecule has 6 heteroatoms. The van der Waals surface area contributed by atoms with Crippen LogP contribution in [0.2, 0.25) is 0 Å². The number of rotatable bonds is 4. The lowest BCUT2D eigenvalue weighted by molar-refractivity contribution is -0.136. The number of carboxylic acids is 1. The number of nitrogens with zero attached hydrogens (tertiary/aromatic N) is 2. The highest BCUT2D eigenvalue weighted by Gasteiger charge is 2.21. The largest absolute Gasteiger partial charge is 0.481 e. The van der Waals surface area contributed by atoms with E-state index in [1.165, 1.54) is 4.52 Å². The van der Waals surface area contributed by atoms with Crippen LogP contribution in [0, 0.1) is 6.92 Å². The van der Waals surface area contributed by atoms with Crippen molar-refractivity contribution in [2.45, 2.75) is 13.3 Å². The number of benzene rings is 2. The number of aromatic amines is 1. The number of H-pyrrole nitrogens is 1. The Labute approximate surface area is 154 Å². The van der Waals surface area contributed by atoms with E-state index in [1.54, 1.807) is 6.92 Å². The number of hydrogen-bond acceptors (Lipinski definition) is 3. The molecule has 27 heavy (non-hydrogen) atoms. The van der Waals surface area contributed by atoms with Crippen molar-refractivity contribution in [1.29, 1.82) is 0 Å². The van der Waals surface area contributed by atoms with Crippen molar-refractivity contribution in [3.05, 3.63) is 82.3 Å². The van der Waals surface area contributed by atoms with E-state index in [0.717, 1.165) is 22.4 Å². The summed E-state index contributed by atoms with van der Waals surface area (Å²) in [6.07, 6.45) is -0.360. The number of aromatic nitrogens is 3. The van der Waals surface area contributed by atoms with E-state index in [2.05, 4.69) is 10.1 Å². The first-order valence-electron chi connectivity index (χ1n) is 8.53. The molecule has 6 nitrogen and oxygen atoms in total. The second-order valence-electron chi connectivity index (χ2n) is 6.30. The van der Waals surface area contributed by atoms with Gasteiger partial charge >= 0.3 is 5.97 Å². The fourth-order valence-corrected chi connectivity index (χ4v) is 3.26. The molecule has 0 aliphatic carbocycles. The summed E-state index contributed by atoms with van der Waals surface area (Å²) in [5.41, 5.74) is 4.11. The fourth-order valence-electron chi connectivity index (χ4n) is 3.26. The van der Waals surface area contributed by atoms with Crippen LogP contribution in [-0.2, 0) is 11.2 Å². The molecular formula is C21H17N3O3.